The topological polar surface area (TPSA) is 15.8 Å². The van der Waals surface area contributed by atoms with E-state index >= 15 is 0 Å². The fourth-order valence-electron chi connectivity index (χ4n) is 2.18. The van der Waals surface area contributed by atoms with Gasteiger partial charge in [0.15, 0.2) is 3.95 Å². The van der Waals surface area contributed by atoms with E-state index in [-0.39, 0.29) is 0 Å². The number of hydrogen-bond acceptors (Lipinski definition) is 2. The number of rotatable bonds is 2. The fourth-order valence-corrected chi connectivity index (χ4v) is 3.45. The van der Waals surface area contributed by atoms with Crippen LogP contribution in [0.4, 0.5) is 0 Å². The molecule has 1 nitrogen and oxygen atoms in total. The lowest BCUT2D eigenvalue weighted by Crippen LogP contribution is -1.96. The molecule has 0 bridgehead atoms. The molecule has 1 fully saturated rings. The molecule has 0 aliphatic heterocycles. The summed E-state index contributed by atoms with van der Waals surface area (Å²) in [6.07, 6.45) is 6.63. The third-order valence-electron chi connectivity index (χ3n) is 2.84. The third-order valence-corrected chi connectivity index (χ3v) is 4.23. The summed E-state index contributed by atoms with van der Waals surface area (Å²) in [5.41, 5.74) is 1.45. The summed E-state index contributed by atoms with van der Waals surface area (Å²) in [5.74, 6) is 0.780. The van der Waals surface area contributed by atoms with Crippen LogP contribution in [-0.2, 0) is 6.42 Å². The Morgan fingerprint density at radius 1 is 1.46 bits per heavy atom. The van der Waals surface area contributed by atoms with Crippen molar-refractivity contribution < 1.29 is 0 Å². The second-order valence-corrected chi connectivity index (χ2v) is 5.46. The van der Waals surface area contributed by atoms with Crippen LogP contribution in [0.25, 0.3) is 0 Å². The van der Waals surface area contributed by atoms with Crippen LogP contribution in [0.1, 0.15) is 49.1 Å². The monoisotopic (exact) mass is 213 g/mol. The first kappa shape index (κ1) is 9.41. The average Bonchev–Trinajstić information content (AvgIpc) is 2.71. The largest absolute Gasteiger partial charge is 0.340 e. The summed E-state index contributed by atoms with van der Waals surface area (Å²) in [4.78, 5) is 4.85. The molecule has 0 atom stereocenters. The zero-order valence-electron chi connectivity index (χ0n) is 7.93. The van der Waals surface area contributed by atoms with Gasteiger partial charge in [0, 0.05) is 16.5 Å². The van der Waals surface area contributed by atoms with Crippen molar-refractivity contribution in [3.63, 3.8) is 0 Å². The molecule has 0 aromatic carbocycles. The summed E-state index contributed by atoms with van der Waals surface area (Å²) in [6.45, 7) is 2.22. The smallest absolute Gasteiger partial charge is 0.158 e. The molecule has 0 saturated heterocycles. The molecule has 3 heteroatoms. The Morgan fingerprint density at radius 3 is 2.77 bits per heavy atom. The highest BCUT2D eigenvalue weighted by Crippen LogP contribution is 2.36. The van der Waals surface area contributed by atoms with Gasteiger partial charge in [-0.15, -0.1) is 11.3 Å². The number of aromatic nitrogens is 1. The van der Waals surface area contributed by atoms with Gasteiger partial charge in [-0.3, -0.25) is 0 Å². The summed E-state index contributed by atoms with van der Waals surface area (Å²) < 4.78 is 0.957. The second kappa shape index (κ2) is 3.93. The Morgan fingerprint density at radius 2 is 2.15 bits per heavy atom. The van der Waals surface area contributed by atoms with E-state index in [0.29, 0.717) is 0 Å². The van der Waals surface area contributed by atoms with Crippen LogP contribution in [0.3, 0.4) is 0 Å². The van der Waals surface area contributed by atoms with Gasteiger partial charge in [-0.2, -0.15) is 0 Å². The predicted molar refractivity (Wildman–Crippen MR) is 60.1 cm³/mol. The Balaban J connectivity index is 2.31. The van der Waals surface area contributed by atoms with Crippen LogP contribution in [-0.4, -0.2) is 4.98 Å². The van der Waals surface area contributed by atoms with Crippen molar-refractivity contribution in [3.8, 4) is 0 Å². The minimum atomic E-state index is 0.780. The van der Waals surface area contributed by atoms with E-state index in [1.807, 2.05) is 0 Å². The van der Waals surface area contributed by atoms with E-state index in [9.17, 15) is 0 Å². The number of aryl methyl sites for hydroxylation is 1. The first-order valence-electron chi connectivity index (χ1n) is 5.03. The highest BCUT2D eigenvalue weighted by Gasteiger charge is 2.20. The molecule has 1 heterocycles. The number of aromatic amines is 1. The molecule has 2 rings (SSSR count). The maximum absolute atomic E-state index is 5.19. The SMILES string of the molecule is CCc1sc(=S)[nH]c1C1CCCC1. The molecule has 0 amide bonds. The first-order valence-corrected chi connectivity index (χ1v) is 6.25. The molecule has 1 aliphatic carbocycles. The van der Waals surface area contributed by atoms with Crippen molar-refractivity contribution in [1.29, 1.82) is 0 Å². The third kappa shape index (κ3) is 1.86. The molecule has 1 aromatic rings. The zero-order chi connectivity index (χ0) is 9.26. The van der Waals surface area contributed by atoms with Crippen molar-refractivity contribution in [1.82, 2.24) is 4.98 Å². The van der Waals surface area contributed by atoms with Crippen molar-refractivity contribution >= 4 is 23.6 Å². The molecule has 0 unspecified atom stereocenters. The van der Waals surface area contributed by atoms with Crippen molar-refractivity contribution in [2.24, 2.45) is 0 Å². The minimum absolute atomic E-state index is 0.780. The standard InChI is InChI=1S/C10H15NS2/c1-2-8-9(11-10(12)13-8)7-5-3-4-6-7/h7H,2-6H2,1H3,(H,11,12). The first-order chi connectivity index (χ1) is 6.31. The Hall–Kier alpha value is -0.150. The van der Waals surface area contributed by atoms with Crippen LogP contribution in [0.5, 0.6) is 0 Å². The second-order valence-electron chi connectivity index (χ2n) is 3.69. The van der Waals surface area contributed by atoms with Crippen LogP contribution in [0.15, 0.2) is 0 Å². The van der Waals surface area contributed by atoms with Crippen molar-refractivity contribution in [2.75, 3.05) is 0 Å². The Kier molecular flexibility index (Phi) is 2.84. The lowest BCUT2D eigenvalue weighted by molar-refractivity contribution is 0.694. The normalized spacial score (nSPS) is 18.2. The number of hydrogen-bond donors (Lipinski definition) is 1. The summed E-state index contributed by atoms with van der Waals surface area (Å²) >= 11 is 6.95. The van der Waals surface area contributed by atoms with Crippen LogP contribution < -0.4 is 0 Å². The highest BCUT2D eigenvalue weighted by molar-refractivity contribution is 7.73. The Bertz CT molecular complexity index is 331. The molecule has 1 saturated carbocycles. The number of H-pyrrole nitrogens is 1. The van der Waals surface area contributed by atoms with Gasteiger partial charge in [-0.25, -0.2) is 0 Å². The van der Waals surface area contributed by atoms with E-state index in [0.717, 1.165) is 16.3 Å². The molecule has 1 aliphatic rings. The van der Waals surface area contributed by atoms with Gasteiger partial charge >= 0.3 is 0 Å². The quantitative estimate of drug-likeness (QED) is 0.733. The predicted octanol–water partition coefficient (Wildman–Crippen LogP) is 4.03. The van der Waals surface area contributed by atoms with E-state index < -0.39 is 0 Å². The Labute approximate surface area is 88.2 Å². The van der Waals surface area contributed by atoms with Gasteiger partial charge in [0.2, 0.25) is 0 Å². The molecule has 0 spiro atoms. The maximum Gasteiger partial charge on any atom is 0.158 e. The maximum atomic E-state index is 5.19. The van der Waals surface area contributed by atoms with Crippen LogP contribution in [0.2, 0.25) is 0 Å². The number of thiazole rings is 1. The molecular weight excluding hydrogens is 198 g/mol. The molecule has 1 aromatic heterocycles. The van der Waals surface area contributed by atoms with E-state index in [4.69, 9.17) is 12.2 Å². The van der Waals surface area contributed by atoms with Crippen LogP contribution >= 0.6 is 23.6 Å². The summed E-state index contributed by atoms with van der Waals surface area (Å²) in [7, 11) is 0. The van der Waals surface area contributed by atoms with Gasteiger partial charge < -0.3 is 4.98 Å². The van der Waals surface area contributed by atoms with Gasteiger partial charge in [0.05, 0.1) is 0 Å². The summed E-state index contributed by atoms with van der Waals surface area (Å²) in [6, 6.07) is 0. The highest BCUT2D eigenvalue weighted by atomic mass is 32.1. The summed E-state index contributed by atoms with van der Waals surface area (Å²) in [5, 5.41) is 0. The van der Waals surface area contributed by atoms with Gasteiger partial charge in [-0.1, -0.05) is 19.8 Å². The van der Waals surface area contributed by atoms with E-state index in [1.165, 1.54) is 36.3 Å². The fraction of sp³-hybridized carbons (Fsp3) is 0.700. The molecule has 1 N–H and O–H groups in total. The van der Waals surface area contributed by atoms with E-state index in [2.05, 4.69) is 11.9 Å². The molecule has 0 radical (unpaired) electrons. The molecule has 72 valence electrons. The number of nitrogens with one attached hydrogen (secondary N) is 1. The molecule has 13 heavy (non-hydrogen) atoms. The lowest BCUT2D eigenvalue weighted by atomic mass is 10.0. The van der Waals surface area contributed by atoms with Crippen molar-refractivity contribution in [2.45, 2.75) is 44.9 Å². The minimum Gasteiger partial charge on any atom is -0.340 e. The zero-order valence-corrected chi connectivity index (χ0v) is 9.56. The lowest BCUT2D eigenvalue weighted by Gasteiger charge is -2.07. The average molecular weight is 213 g/mol. The van der Waals surface area contributed by atoms with Crippen LogP contribution in [0, 0.1) is 3.95 Å². The van der Waals surface area contributed by atoms with Crippen molar-refractivity contribution in [3.05, 3.63) is 14.5 Å². The molecular formula is C10H15NS2. The van der Waals surface area contributed by atoms with Gasteiger partial charge in [-0.05, 0) is 31.5 Å². The van der Waals surface area contributed by atoms with Gasteiger partial charge in [0.1, 0.15) is 0 Å². The van der Waals surface area contributed by atoms with Gasteiger partial charge in [0.25, 0.3) is 0 Å². The van der Waals surface area contributed by atoms with E-state index in [1.54, 1.807) is 11.3 Å².